The van der Waals surface area contributed by atoms with Crippen molar-refractivity contribution < 1.29 is 14.2 Å². The van der Waals surface area contributed by atoms with E-state index >= 15 is 0 Å². The van der Waals surface area contributed by atoms with Gasteiger partial charge in [-0.3, -0.25) is 0 Å². The van der Waals surface area contributed by atoms with Crippen molar-refractivity contribution in [1.29, 1.82) is 0 Å². The Bertz CT molecular complexity index is 412. The molecule has 0 saturated carbocycles. The third-order valence-electron chi connectivity index (χ3n) is 3.14. The summed E-state index contributed by atoms with van der Waals surface area (Å²) in [5.41, 5.74) is 7.83. The van der Waals surface area contributed by atoms with E-state index in [0.717, 1.165) is 16.9 Å². The Morgan fingerprint density at radius 3 is 2.61 bits per heavy atom. The molecule has 1 aliphatic rings. The van der Waals surface area contributed by atoms with E-state index in [0.29, 0.717) is 19.8 Å². The van der Waals surface area contributed by atoms with Crippen LogP contribution < -0.4 is 10.5 Å². The largest absolute Gasteiger partial charge is 0.494 e. The Labute approximate surface area is 108 Å². The Balaban J connectivity index is 2.20. The number of ether oxygens (including phenoxy) is 3. The zero-order valence-corrected chi connectivity index (χ0v) is 11.2. The average Bonchev–Trinajstić information content (AvgIpc) is 2.36. The summed E-state index contributed by atoms with van der Waals surface area (Å²) < 4.78 is 17.0. The van der Waals surface area contributed by atoms with Crippen molar-refractivity contribution in [2.45, 2.75) is 32.6 Å². The first kappa shape index (κ1) is 13.3. The van der Waals surface area contributed by atoms with Gasteiger partial charge in [0.1, 0.15) is 5.75 Å². The maximum atomic E-state index is 5.76. The van der Waals surface area contributed by atoms with Crippen LogP contribution in [-0.4, -0.2) is 25.9 Å². The van der Waals surface area contributed by atoms with Crippen LogP contribution >= 0.6 is 0 Å². The number of aryl methyl sites for hydroxylation is 1. The fourth-order valence-corrected chi connectivity index (χ4v) is 2.04. The second-order valence-corrected chi connectivity index (χ2v) is 4.74. The van der Waals surface area contributed by atoms with E-state index in [9.17, 15) is 0 Å². The van der Waals surface area contributed by atoms with Crippen LogP contribution in [0.1, 0.15) is 25.0 Å². The van der Waals surface area contributed by atoms with E-state index in [1.54, 1.807) is 0 Å². The molecule has 0 unspecified atom stereocenters. The third kappa shape index (κ3) is 2.66. The Morgan fingerprint density at radius 2 is 2.06 bits per heavy atom. The molecule has 18 heavy (non-hydrogen) atoms. The average molecular weight is 251 g/mol. The normalized spacial score (nSPS) is 28.1. The van der Waals surface area contributed by atoms with E-state index in [1.165, 1.54) is 0 Å². The second kappa shape index (κ2) is 5.26. The number of rotatable bonds is 3. The molecule has 1 aliphatic heterocycles. The molecular formula is C14H21NO3. The molecule has 4 heteroatoms. The standard InChI is InChI=1S/C14H21NO3/c1-4-16-13-6-5-11(7-10(13)2)14(3)17-8-12(15)9-18-14/h5-7,12H,4,8-9,15H2,1-3H3. The van der Waals surface area contributed by atoms with Crippen LogP contribution in [0.5, 0.6) is 5.75 Å². The van der Waals surface area contributed by atoms with E-state index in [1.807, 2.05) is 39.0 Å². The van der Waals surface area contributed by atoms with Crippen molar-refractivity contribution in [3.8, 4) is 5.75 Å². The fraction of sp³-hybridized carbons (Fsp3) is 0.571. The summed E-state index contributed by atoms with van der Waals surface area (Å²) in [4.78, 5) is 0. The molecule has 0 spiro atoms. The lowest BCUT2D eigenvalue weighted by atomic mass is 10.0. The second-order valence-electron chi connectivity index (χ2n) is 4.74. The maximum absolute atomic E-state index is 5.76. The predicted molar refractivity (Wildman–Crippen MR) is 69.6 cm³/mol. The van der Waals surface area contributed by atoms with Gasteiger partial charge in [-0.2, -0.15) is 0 Å². The van der Waals surface area contributed by atoms with Gasteiger partial charge in [-0.15, -0.1) is 0 Å². The van der Waals surface area contributed by atoms with Crippen LogP contribution in [0, 0.1) is 6.92 Å². The van der Waals surface area contributed by atoms with Gasteiger partial charge in [-0.05, 0) is 44.5 Å². The van der Waals surface area contributed by atoms with Crippen molar-refractivity contribution in [3.05, 3.63) is 29.3 Å². The number of benzene rings is 1. The first-order valence-corrected chi connectivity index (χ1v) is 6.32. The van der Waals surface area contributed by atoms with Crippen molar-refractivity contribution in [2.24, 2.45) is 5.73 Å². The summed E-state index contributed by atoms with van der Waals surface area (Å²) in [6, 6.07) is 5.94. The highest BCUT2D eigenvalue weighted by Crippen LogP contribution is 2.32. The van der Waals surface area contributed by atoms with Gasteiger partial charge in [0.05, 0.1) is 25.9 Å². The van der Waals surface area contributed by atoms with Crippen molar-refractivity contribution >= 4 is 0 Å². The van der Waals surface area contributed by atoms with Crippen LogP contribution in [0.3, 0.4) is 0 Å². The Kier molecular flexibility index (Phi) is 3.90. The van der Waals surface area contributed by atoms with Gasteiger partial charge in [0.25, 0.3) is 0 Å². The lowest BCUT2D eigenvalue weighted by Crippen LogP contribution is -2.46. The molecular weight excluding hydrogens is 230 g/mol. The smallest absolute Gasteiger partial charge is 0.192 e. The van der Waals surface area contributed by atoms with Crippen LogP contribution in [-0.2, 0) is 15.3 Å². The molecule has 4 nitrogen and oxygen atoms in total. The Morgan fingerprint density at radius 1 is 1.39 bits per heavy atom. The first-order chi connectivity index (χ1) is 8.55. The summed E-state index contributed by atoms with van der Waals surface area (Å²) in [7, 11) is 0. The quantitative estimate of drug-likeness (QED) is 0.892. The summed E-state index contributed by atoms with van der Waals surface area (Å²) >= 11 is 0. The van der Waals surface area contributed by atoms with Gasteiger partial charge in [0.15, 0.2) is 5.79 Å². The SMILES string of the molecule is CCOc1ccc(C2(C)OCC(N)CO2)cc1C. The van der Waals surface area contributed by atoms with Gasteiger partial charge in [0, 0.05) is 5.56 Å². The van der Waals surface area contributed by atoms with Crippen LogP contribution in [0.25, 0.3) is 0 Å². The molecule has 0 atom stereocenters. The van der Waals surface area contributed by atoms with Crippen molar-refractivity contribution in [1.82, 2.24) is 0 Å². The minimum absolute atomic E-state index is 0.0399. The molecule has 1 fully saturated rings. The van der Waals surface area contributed by atoms with Gasteiger partial charge in [-0.25, -0.2) is 0 Å². The van der Waals surface area contributed by atoms with Gasteiger partial charge in [-0.1, -0.05) is 0 Å². The topological polar surface area (TPSA) is 53.7 Å². The van der Waals surface area contributed by atoms with Gasteiger partial charge >= 0.3 is 0 Å². The highest BCUT2D eigenvalue weighted by atomic mass is 16.7. The number of hydrogen-bond acceptors (Lipinski definition) is 4. The molecule has 0 radical (unpaired) electrons. The molecule has 1 aromatic carbocycles. The van der Waals surface area contributed by atoms with Crippen LogP contribution in [0.2, 0.25) is 0 Å². The minimum Gasteiger partial charge on any atom is -0.494 e. The Hall–Kier alpha value is -1.10. The summed E-state index contributed by atoms with van der Waals surface area (Å²) in [5.74, 6) is 0.197. The number of nitrogens with two attached hydrogens (primary N) is 1. The maximum Gasteiger partial charge on any atom is 0.192 e. The zero-order chi connectivity index (χ0) is 13.2. The van der Waals surface area contributed by atoms with Crippen molar-refractivity contribution in [3.63, 3.8) is 0 Å². The van der Waals surface area contributed by atoms with E-state index in [-0.39, 0.29) is 6.04 Å². The lowest BCUT2D eigenvalue weighted by molar-refractivity contribution is -0.270. The van der Waals surface area contributed by atoms with Gasteiger partial charge < -0.3 is 19.9 Å². The molecule has 0 bridgehead atoms. The molecule has 0 amide bonds. The predicted octanol–water partition coefficient (Wildman–Crippen LogP) is 1.94. The van der Waals surface area contributed by atoms with E-state index < -0.39 is 5.79 Å². The molecule has 1 aromatic rings. The zero-order valence-electron chi connectivity index (χ0n) is 11.2. The third-order valence-corrected chi connectivity index (χ3v) is 3.14. The number of hydrogen-bond donors (Lipinski definition) is 1. The highest BCUT2D eigenvalue weighted by Gasteiger charge is 2.34. The van der Waals surface area contributed by atoms with E-state index in [2.05, 4.69) is 0 Å². The van der Waals surface area contributed by atoms with Gasteiger partial charge in [0.2, 0.25) is 0 Å². The molecule has 1 heterocycles. The fourth-order valence-electron chi connectivity index (χ4n) is 2.04. The summed E-state index contributed by atoms with van der Waals surface area (Å²) in [5, 5.41) is 0. The monoisotopic (exact) mass is 251 g/mol. The first-order valence-electron chi connectivity index (χ1n) is 6.32. The van der Waals surface area contributed by atoms with Crippen LogP contribution in [0.4, 0.5) is 0 Å². The molecule has 1 saturated heterocycles. The molecule has 100 valence electrons. The minimum atomic E-state index is -0.703. The summed E-state index contributed by atoms with van der Waals surface area (Å²) in [6.45, 7) is 7.62. The summed E-state index contributed by atoms with van der Waals surface area (Å²) in [6.07, 6.45) is 0. The highest BCUT2D eigenvalue weighted by molar-refractivity contribution is 5.37. The van der Waals surface area contributed by atoms with Crippen LogP contribution in [0.15, 0.2) is 18.2 Å². The molecule has 0 aromatic heterocycles. The molecule has 0 aliphatic carbocycles. The van der Waals surface area contributed by atoms with Crippen molar-refractivity contribution in [2.75, 3.05) is 19.8 Å². The molecule has 2 rings (SSSR count). The molecule has 2 N–H and O–H groups in total. The van der Waals surface area contributed by atoms with E-state index in [4.69, 9.17) is 19.9 Å². The lowest BCUT2D eigenvalue weighted by Gasteiger charge is -2.37.